The van der Waals surface area contributed by atoms with Crippen LogP contribution in [-0.4, -0.2) is 22.0 Å². The van der Waals surface area contributed by atoms with Crippen LogP contribution in [0.15, 0.2) is 35.8 Å². The Bertz CT molecular complexity index is 648. The second-order valence-electron chi connectivity index (χ2n) is 3.50. The molecule has 4 nitrogen and oxygen atoms in total. The van der Waals surface area contributed by atoms with Crippen LogP contribution in [0.4, 0.5) is 5.95 Å². The molecule has 0 aromatic carbocycles. The van der Waals surface area contributed by atoms with Gasteiger partial charge >= 0.3 is 0 Å². The van der Waals surface area contributed by atoms with Gasteiger partial charge in [-0.1, -0.05) is 6.07 Å². The predicted octanol–water partition coefficient (Wildman–Crippen LogP) is 2.80. The lowest BCUT2D eigenvalue weighted by Gasteiger charge is -2.04. The van der Waals surface area contributed by atoms with E-state index in [2.05, 4.69) is 20.3 Å². The second kappa shape index (κ2) is 4.10. The number of anilines is 1. The van der Waals surface area contributed by atoms with E-state index in [4.69, 9.17) is 0 Å². The van der Waals surface area contributed by atoms with Crippen LogP contribution in [-0.2, 0) is 0 Å². The number of rotatable bonds is 2. The Labute approximate surface area is 102 Å². The summed E-state index contributed by atoms with van der Waals surface area (Å²) in [5.41, 5.74) is 2.71. The van der Waals surface area contributed by atoms with Gasteiger partial charge in [-0.15, -0.1) is 11.3 Å². The number of fused-ring (bicyclic) bond motifs is 1. The first-order valence-electron chi connectivity index (χ1n) is 5.23. The fraction of sp³-hybridized carbons (Fsp3) is 0.0833. The molecule has 3 rings (SSSR count). The van der Waals surface area contributed by atoms with Gasteiger partial charge in [0, 0.05) is 13.2 Å². The van der Waals surface area contributed by atoms with Crippen LogP contribution in [0, 0.1) is 0 Å². The predicted molar refractivity (Wildman–Crippen MR) is 70.2 cm³/mol. The van der Waals surface area contributed by atoms with Gasteiger partial charge in [0.2, 0.25) is 5.95 Å². The smallest absolute Gasteiger partial charge is 0.223 e. The van der Waals surface area contributed by atoms with Gasteiger partial charge in [-0.05, 0) is 23.6 Å². The number of thiophene rings is 1. The van der Waals surface area contributed by atoms with Crippen molar-refractivity contribution in [3.05, 3.63) is 35.8 Å². The van der Waals surface area contributed by atoms with Crippen LogP contribution in [0.3, 0.4) is 0 Å². The van der Waals surface area contributed by atoms with Gasteiger partial charge in [0.1, 0.15) is 5.69 Å². The highest BCUT2D eigenvalue weighted by Gasteiger charge is 2.10. The number of aromatic nitrogens is 3. The number of nitrogens with zero attached hydrogens (tertiary/aromatic N) is 3. The fourth-order valence-electron chi connectivity index (χ4n) is 1.65. The third-order valence-corrected chi connectivity index (χ3v) is 3.35. The second-order valence-corrected chi connectivity index (χ2v) is 4.41. The van der Waals surface area contributed by atoms with E-state index in [0.29, 0.717) is 5.95 Å². The Morgan fingerprint density at radius 3 is 2.88 bits per heavy atom. The summed E-state index contributed by atoms with van der Waals surface area (Å²) in [6.45, 7) is 0. The molecule has 0 saturated heterocycles. The highest BCUT2D eigenvalue weighted by atomic mass is 32.1. The molecule has 0 amide bonds. The van der Waals surface area contributed by atoms with Crippen LogP contribution >= 0.6 is 11.3 Å². The monoisotopic (exact) mass is 242 g/mol. The number of hydrogen-bond donors (Lipinski definition) is 1. The van der Waals surface area contributed by atoms with Crippen LogP contribution < -0.4 is 5.32 Å². The summed E-state index contributed by atoms with van der Waals surface area (Å²) in [6, 6.07) is 7.81. The van der Waals surface area contributed by atoms with Gasteiger partial charge in [0.25, 0.3) is 0 Å². The Balaban J connectivity index is 2.30. The molecule has 84 valence electrons. The number of nitrogens with one attached hydrogen (secondary N) is 1. The quantitative estimate of drug-likeness (QED) is 0.750. The molecule has 3 heterocycles. The number of pyridine rings is 1. The summed E-state index contributed by atoms with van der Waals surface area (Å²) >= 11 is 1.64. The highest BCUT2D eigenvalue weighted by Crippen LogP contribution is 2.29. The zero-order valence-corrected chi connectivity index (χ0v) is 10.0. The maximum Gasteiger partial charge on any atom is 0.223 e. The van der Waals surface area contributed by atoms with E-state index in [-0.39, 0.29) is 0 Å². The molecule has 0 fully saturated rings. The normalized spacial score (nSPS) is 10.6. The lowest BCUT2D eigenvalue weighted by Crippen LogP contribution is -1.98. The molecule has 3 aromatic rings. The van der Waals surface area contributed by atoms with E-state index in [0.717, 1.165) is 21.6 Å². The standard InChI is InChI=1S/C12H10N4S/c1-13-12-15-9-5-7-17-11(9)10(16-12)8-4-2-3-6-14-8/h2-7H,1H3,(H,13,15,16). The van der Waals surface area contributed by atoms with Crippen LogP contribution in [0.1, 0.15) is 0 Å². The fourth-order valence-corrected chi connectivity index (χ4v) is 2.48. The summed E-state index contributed by atoms with van der Waals surface area (Å²) in [4.78, 5) is 13.2. The molecule has 0 atom stereocenters. The lowest BCUT2D eigenvalue weighted by atomic mass is 10.2. The molecule has 0 unspecified atom stereocenters. The molecule has 0 radical (unpaired) electrons. The molecule has 0 spiro atoms. The van der Waals surface area contributed by atoms with E-state index in [1.54, 1.807) is 17.5 Å². The van der Waals surface area contributed by atoms with Gasteiger partial charge in [-0.3, -0.25) is 4.98 Å². The van der Waals surface area contributed by atoms with Crippen molar-refractivity contribution in [3.63, 3.8) is 0 Å². The van der Waals surface area contributed by atoms with E-state index in [9.17, 15) is 0 Å². The average molecular weight is 242 g/mol. The summed E-state index contributed by atoms with van der Waals surface area (Å²) < 4.78 is 1.07. The Kier molecular flexibility index (Phi) is 2.45. The minimum absolute atomic E-state index is 0.622. The summed E-state index contributed by atoms with van der Waals surface area (Å²) in [5.74, 6) is 0.622. The molecule has 5 heteroatoms. The van der Waals surface area contributed by atoms with Gasteiger partial charge in [0.15, 0.2) is 0 Å². The van der Waals surface area contributed by atoms with Crippen molar-refractivity contribution in [2.24, 2.45) is 0 Å². The molecule has 3 aromatic heterocycles. The molecule has 0 aliphatic carbocycles. The Hall–Kier alpha value is -2.01. The van der Waals surface area contributed by atoms with Crippen molar-refractivity contribution >= 4 is 27.5 Å². The van der Waals surface area contributed by atoms with Crippen molar-refractivity contribution in [3.8, 4) is 11.4 Å². The van der Waals surface area contributed by atoms with Crippen molar-refractivity contribution in [1.29, 1.82) is 0 Å². The summed E-state index contributed by atoms with van der Waals surface area (Å²) in [6.07, 6.45) is 1.77. The first-order chi connectivity index (χ1) is 8.38. The largest absolute Gasteiger partial charge is 0.357 e. The summed E-state index contributed by atoms with van der Waals surface area (Å²) in [7, 11) is 1.82. The molecule has 0 bridgehead atoms. The third-order valence-electron chi connectivity index (χ3n) is 2.43. The Morgan fingerprint density at radius 2 is 2.12 bits per heavy atom. The van der Waals surface area contributed by atoms with Crippen LogP contribution in [0.5, 0.6) is 0 Å². The van der Waals surface area contributed by atoms with Crippen molar-refractivity contribution in [2.75, 3.05) is 12.4 Å². The van der Waals surface area contributed by atoms with E-state index >= 15 is 0 Å². The lowest BCUT2D eigenvalue weighted by molar-refractivity contribution is 1.18. The van der Waals surface area contributed by atoms with Gasteiger partial charge < -0.3 is 5.32 Å². The highest BCUT2D eigenvalue weighted by molar-refractivity contribution is 7.17. The minimum Gasteiger partial charge on any atom is -0.357 e. The van der Waals surface area contributed by atoms with Crippen molar-refractivity contribution < 1.29 is 0 Å². The van der Waals surface area contributed by atoms with E-state index in [1.807, 2.05) is 36.7 Å². The SMILES string of the molecule is CNc1nc(-c2ccccn2)c2sccc2n1. The van der Waals surface area contributed by atoms with Gasteiger partial charge in [0.05, 0.1) is 15.9 Å². The molecule has 17 heavy (non-hydrogen) atoms. The van der Waals surface area contributed by atoms with Crippen molar-refractivity contribution in [1.82, 2.24) is 15.0 Å². The first-order valence-corrected chi connectivity index (χ1v) is 6.11. The van der Waals surface area contributed by atoms with E-state index < -0.39 is 0 Å². The first kappa shape index (κ1) is 10.2. The number of hydrogen-bond acceptors (Lipinski definition) is 5. The maximum absolute atomic E-state index is 4.49. The van der Waals surface area contributed by atoms with Crippen LogP contribution in [0.25, 0.3) is 21.6 Å². The topological polar surface area (TPSA) is 50.7 Å². The molecule has 0 aliphatic heterocycles. The zero-order chi connectivity index (χ0) is 11.7. The molecule has 0 aliphatic rings. The van der Waals surface area contributed by atoms with E-state index in [1.165, 1.54) is 0 Å². The average Bonchev–Trinajstić information content (AvgIpc) is 2.86. The minimum atomic E-state index is 0.622. The molecular formula is C12H10N4S. The molecular weight excluding hydrogens is 232 g/mol. The molecule has 0 saturated carbocycles. The zero-order valence-electron chi connectivity index (χ0n) is 9.21. The van der Waals surface area contributed by atoms with Crippen molar-refractivity contribution in [2.45, 2.75) is 0 Å². The maximum atomic E-state index is 4.49. The van der Waals surface area contributed by atoms with Gasteiger partial charge in [-0.2, -0.15) is 0 Å². The third kappa shape index (κ3) is 1.74. The van der Waals surface area contributed by atoms with Gasteiger partial charge in [-0.25, -0.2) is 9.97 Å². The summed E-state index contributed by atoms with van der Waals surface area (Å²) in [5, 5.41) is 4.99. The van der Waals surface area contributed by atoms with Crippen LogP contribution in [0.2, 0.25) is 0 Å². The molecule has 1 N–H and O–H groups in total. The Morgan fingerprint density at radius 1 is 1.18 bits per heavy atom.